The number of thiocarbonyl (C=S) groups is 1. The molecule has 2 aliphatic rings. The summed E-state index contributed by atoms with van der Waals surface area (Å²) >= 11 is 5.46. The molecule has 1 aromatic rings. The lowest BCUT2D eigenvalue weighted by Gasteiger charge is -2.26. The smallest absolute Gasteiger partial charge is 0.166 e. The summed E-state index contributed by atoms with van der Waals surface area (Å²) in [6.07, 6.45) is 7.51. The maximum atomic E-state index is 5.56. The Morgan fingerprint density at radius 3 is 2.90 bits per heavy atom. The molecule has 3 nitrogen and oxygen atoms in total. The van der Waals surface area contributed by atoms with E-state index in [0.29, 0.717) is 6.04 Å². The highest BCUT2D eigenvalue weighted by Crippen LogP contribution is 2.28. The Morgan fingerprint density at radius 1 is 1.29 bits per heavy atom. The van der Waals surface area contributed by atoms with Gasteiger partial charge in [0.15, 0.2) is 5.11 Å². The van der Waals surface area contributed by atoms with Crippen LogP contribution >= 0.6 is 12.2 Å². The van der Waals surface area contributed by atoms with Gasteiger partial charge in [-0.1, -0.05) is 25.3 Å². The largest absolute Gasteiger partial charge is 0.493 e. The first-order valence-electron chi connectivity index (χ1n) is 8.05. The van der Waals surface area contributed by atoms with E-state index in [2.05, 4.69) is 35.8 Å². The third-order valence-electron chi connectivity index (χ3n) is 4.50. The Hall–Kier alpha value is -1.29. The maximum absolute atomic E-state index is 5.56. The van der Waals surface area contributed by atoms with Crippen LogP contribution in [0.25, 0.3) is 0 Å². The monoisotopic (exact) mass is 304 g/mol. The summed E-state index contributed by atoms with van der Waals surface area (Å²) in [6, 6.07) is 7.22. The van der Waals surface area contributed by atoms with E-state index in [4.69, 9.17) is 17.0 Å². The predicted molar refractivity (Wildman–Crippen MR) is 89.8 cm³/mol. The van der Waals surface area contributed by atoms with E-state index in [0.717, 1.165) is 23.9 Å². The van der Waals surface area contributed by atoms with Crippen LogP contribution in [-0.2, 0) is 6.42 Å². The van der Waals surface area contributed by atoms with Crippen molar-refractivity contribution in [3.8, 4) is 5.75 Å². The van der Waals surface area contributed by atoms with Crippen molar-refractivity contribution >= 4 is 17.3 Å². The minimum absolute atomic E-state index is 0.222. The van der Waals surface area contributed by atoms with E-state index in [-0.39, 0.29) is 6.04 Å². The Balaban J connectivity index is 1.55. The van der Waals surface area contributed by atoms with Gasteiger partial charge in [0, 0.05) is 12.5 Å². The van der Waals surface area contributed by atoms with Crippen LogP contribution in [0.2, 0.25) is 0 Å². The molecule has 0 unspecified atom stereocenters. The lowest BCUT2D eigenvalue weighted by atomic mass is 9.96. The maximum Gasteiger partial charge on any atom is 0.166 e. The molecule has 0 bridgehead atoms. The summed E-state index contributed by atoms with van der Waals surface area (Å²) in [5.74, 6) is 1.04. The number of hydrogen-bond donors (Lipinski definition) is 2. The van der Waals surface area contributed by atoms with Gasteiger partial charge in [-0.05, 0) is 55.2 Å². The standard InChI is InChI=1S/C17H24N2OS/c1-12(13-7-8-16-14(11-13)9-10-20-16)18-17(21)19-15-5-3-2-4-6-15/h7-8,11-12,15H,2-6,9-10H2,1H3,(H2,18,19,21)/t12-/m1/s1. The molecule has 0 radical (unpaired) electrons. The predicted octanol–water partition coefficient (Wildman–Crippen LogP) is 3.48. The average molecular weight is 304 g/mol. The van der Waals surface area contributed by atoms with E-state index in [1.165, 1.54) is 43.2 Å². The van der Waals surface area contributed by atoms with Crippen LogP contribution in [-0.4, -0.2) is 17.8 Å². The van der Waals surface area contributed by atoms with Crippen molar-refractivity contribution in [3.05, 3.63) is 29.3 Å². The highest BCUT2D eigenvalue weighted by molar-refractivity contribution is 7.80. The van der Waals surface area contributed by atoms with Gasteiger partial charge in [-0.25, -0.2) is 0 Å². The molecule has 0 aromatic heterocycles. The number of benzene rings is 1. The van der Waals surface area contributed by atoms with E-state index in [9.17, 15) is 0 Å². The van der Waals surface area contributed by atoms with Gasteiger partial charge in [0.2, 0.25) is 0 Å². The zero-order chi connectivity index (χ0) is 14.7. The summed E-state index contributed by atoms with van der Waals surface area (Å²) in [5, 5.41) is 7.67. The third-order valence-corrected chi connectivity index (χ3v) is 4.74. The molecule has 1 atom stereocenters. The molecule has 1 heterocycles. The Bertz CT molecular complexity index is 512. The van der Waals surface area contributed by atoms with E-state index >= 15 is 0 Å². The molecular weight excluding hydrogens is 280 g/mol. The minimum atomic E-state index is 0.222. The first kappa shape index (κ1) is 14.6. The number of hydrogen-bond acceptors (Lipinski definition) is 2. The second-order valence-electron chi connectivity index (χ2n) is 6.14. The first-order chi connectivity index (χ1) is 10.2. The average Bonchev–Trinajstić information content (AvgIpc) is 2.95. The van der Waals surface area contributed by atoms with Gasteiger partial charge in [0.25, 0.3) is 0 Å². The summed E-state index contributed by atoms with van der Waals surface area (Å²) in [4.78, 5) is 0. The lowest BCUT2D eigenvalue weighted by Crippen LogP contribution is -2.43. The van der Waals surface area contributed by atoms with Gasteiger partial charge < -0.3 is 15.4 Å². The van der Waals surface area contributed by atoms with Crippen molar-refractivity contribution in [1.29, 1.82) is 0 Å². The molecule has 1 fully saturated rings. The molecule has 2 N–H and O–H groups in total. The van der Waals surface area contributed by atoms with Gasteiger partial charge >= 0.3 is 0 Å². The Labute approximate surface area is 132 Å². The van der Waals surface area contributed by atoms with Crippen LogP contribution in [0, 0.1) is 0 Å². The summed E-state index contributed by atoms with van der Waals surface area (Å²) in [7, 11) is 0. The number of fused-ring (bicyclic) bond motifs is 1. The van der Waals surface area contributed by atoms with Crippen molar-refractivity contribution < 1.29 is 4.74 Å². The summed E-state index contributed by atoms with van der Waals surface area (Å²) in [5.41, 5.74) is 2.58. The van der Waals surface area contributed by atoms with Crippen LogP contribution in [0.3, 0.4) is 0 Å². The molecule has 114 valence electrons. The SMILES string of the molecule is C[C@@H](NC(=S)NC1CCCCC1)c1ccc2c(c1)CCO2. The zero-order valence-corrected chi connectivity index (χ0v) is 13.5. The van der Waals surface area contributed by atoms with Crippen molar-refractivity contribution in [2.75, 3.05) is 6.61 Å². The fourth-order valence-electron chi connectivity index (χ4n) is 3.23. The Morgan fingerprint density at radius 2 is 2.10 bits per heavy atom. The first-order valence-corrected chi connectivity index (χ1v) is 8.46. The number of ether oxygens (including phenoxy) is 1. The molecule has 1 aliphatic carbocycles. The van der Waals surface area contributed by atoms with Crippen LogP contribution in [0.15, 0.2) is 18.2 Å². The van der Waals surface area contributed by atoms with Crippen LogP contribution in [0.5, 0.6) is 5.75 Å². The molecule has 0 spiro atoms. The van der Waals surface area contributed by atoms with Crippen molar-refractivity contribution in [1.82, 2.24) is 10.6 Å². The topological polar surface area (TPSA) is 33.3 Å². The number of rotatable bonds is 3. The van der Waals surface area contributed by atoms with E-state index < -0.39 is 0 Å². The van der Waals surface area contributed by atoms with Gasteiger partial charge in [-0.2, -0.15) is 0 Å². The van der Waals surface area contributed by atoms with Crippen molar-refractivity contribution in [3.63, 3.8) is 0 Å². The van der Waals surface area contributed by atoms with E-state index in [1.54, 1.807) is 0 Å². The summed E-state index contributed by atoms with van der Waals surface area (Å²) in [6.45, 7) is 2.97. The minimum Gasteiger partial charge on any atom is -0.493 e. The highest BCUT2D eigenvalue weighted by atomic mass is 32.1. The Kier molecular flexibility index (Phi) is 4.63. The number of nitrogens with one attached hydrogen (secondary N) is 2. The van der Waals surface area contributed by atoms with Crippen molar-refractivity contribution in [2.45, 2.75) is 57.5 Å². The molecule has 1 aliphatic heterocycles. The second-order valence-corrected chi connectivity index (χ2v) is 6.55. The molecule has 1 saturated carbocycles. The van der Waals surface area contributed by atoms with Crippen LogP contribution in [0.4, 0.5) is 0 Å². The lowest BCUT2D eigenvalue weighted by molar-refractivity contribution is 0.357. The second kappa shape index (κ2) is 6.65. The zero-order valence-electron chi connectivity index (χ0n) is 12.7. The van der Waals surface area contributed by atoms with Crippen LogP contribution < -0.4 is 15.4 Å². The quantitative estimate of drug-likeness (QED) is 0.838. The molecule has 0 amide bonds. The normalized spacial score (nSPS) is 19.5. The molecular formula is C17H24N2OS. The molecule has 1 aromatic carbocycles. The van der Waals surface area contributed by atoms with Crippen molar-refractivity contribution in [2.24, 2.45) is 0 Å². The fraction of sp³-hybridized carbons (Fsp3) is 0.588. The summed E-state index contributed by atoms with van der Waals surface area (Å²) < 4.78 is 5.56. The van der Waals surface area contributed by atoms with Gasteiger partial charge in [-0.15, -0.1) is 0 Å². The fourth-order valence-corrected chi connectivity index (χ4v) is 3.57. The molecule has 0 saturated heterocycles. The third kappa shape index (κ3) is 3.67. The molecule has 4 heteroatoms. The van der Waals surface area contributed by atoms with Gasteiger partial charge in [0.05, 0.1) is 12.6 Å². The van der Waals surface area contributed by atoms with Crippen LogP contribution in [0.1, 0.15) is 56.2 Å². The van der Waals surface area contributed by atoms with E-state index in [1.807, 2.05) is 0 Å². The van der Waals surface area contributed by atoms with Gasteiger partial charge in [0.1, 0.15) is 5.75 Å². The van der Waals surface area contributed by atoms with Gasteiger partial charge in [-0.3, -0.25) is 0 Å². The molecule has 3 rings (SSSR count). The highest BCUT2D eigenvalue weighted by Gasteiger charge is 2.17. The molecule has 21 heavy (non-hydrogen) atoms.